The van der Waals surface area contributed by atoms with Gasteiger partial charge in [-0.25, -0.2) is 4.98 Å². The molecule has 0 atom stereocenters. The Hall–Kier alpha value is -2.15. The molecule has 1 aromatic heterocycles. The number of likely N-dealkylation sites (tertiary alicyclic amines) is 1. The maximum Gasteiger partial charge on any atom is 0.251 e. The smallest absolute Gasteiger partial charge is 0.251 e. The van der Waals surface area contributed by atoms with Gasteiger partial charge in [0.2, 0.25) is 5.91 Å². The Bertz CT molecular complexity index is 701. The van der Waals surface area contributed by atoms with Crippen molar-refractivity contribution in [2.24, 2.45) is 5.92 Å². The number of amides is 2. The van der Waals surface area contributed by atoms with E-state index in [1.54, 1.807) is 12.3 Å². The molecule has 2 fully saturated rings. The van der Waals surface area contributed by atoms with E-state index in [4.69, 9.17) is 0 Å². The van der Waals surface area contributed by atoms with E-state index in [0.29, 0.717) is 24.6 Å². The second-order valence-corrected chi connectivity index (χ2v) is 9.32. The number of aromatic nitrogens is 1. The van der Waals surface area contributed by atoms with Crippen molar-refractivity contribution in [2.75, 3.05) is 44.2 Å². The van der Waals surface area contributed by atoms with Crippen LogP contribution in [0.4, 0.5) is 5.82 Å². The molecule has 3 rings (SSSR count). The van der Waals surface area contributed by atoms with Gasteiger partial charge in [-0.3, -0.25) is 14.5 Å². The maximum absolute atomic E-state index is 12.6. The van der Waals surface area contributed by atoms with Gasteiger partial charge in [0, 0.05) is 36.9 Å². The highest BCUT2D eigenvalue weighted by Gasteiger charge is 2.23. The number of rotatable bonds is 6. The quantitative estimate of drug-likeness (QED) is 0.763. The molecule has 0 bridgehead atoms. The van der Waals surface area contributed by atoms with Crippen molar-refractivity contribution in [1.29, 1.82) is 0 Å². The van der Waals surface area contributed by atoms with Crippen LogP contribution in [0, 0.1) is 5.92 Å². The first kappa shape index (κ1) is 21.6. The molecule has 0 aliphatic carbocycles. The van der Waals surface area contributed by atoms with Crippen LogP contribution < -0.4 is 15.5 Å². The second-order valence-electron chi connectivity index (χ2n) is 9.32. The van der Waals surface area contributed by atoms with Gasteiger partial charge in [-0.15, -0.1) is 0 Å². The summed E-state index contributed by atoms with van der Waals surface area (Å²) in [5.41, 5.74) is 0.486. The van der Waals surface area contributed by atoms with Gasteiger partial charge in [0.25, 0.3) is 5.91 Å². The monoisotopic (exact) mass is 401 g/mol. The maximum atomic E-state index is 12.6. The molecular weight excluding hydrogens is 366 g/mol. The summed E-state index contributed by atoms with van der Waals surface area (Å²) in [5.74, 6) is 1.41. The molecule has 2 aliphatic rings. The summed E-state index contributed by atoms with van der Waals surface area (Å²) >= 11 is 0. The molecule has 29 heavy (non-hydrogen) atoms. The molecule has 0 spiro atoms. The van der Waals surface area contributed by atoms with E-state index in [1.807, 2.05) is 26.8 Å². The number of nitrogens with one attached hydrogen (secondary N) is 2. The molecule has 0 aromatic carbocycles. The minimum atomic E-state index is -0.193. The molecule has 3 heterocycles. The number of hydrogen-bond donors (Lipinski definition) is 2. The highest BCUT2D eigenvalue weighted by Crippen LogP contribution is 2.19. The van der Waals surface area contributed by atoms with Crippen molar-refractivity contribution >= 4 is 17.6 Å². The fraction of sp³-hybridized carbons (Fsp3) is 0.682. The number of hydrogen-bond acceptors (Lipinski definition) is 5. The lowest BCUT2D eigenvalue weighted by Gasteiger charge is -2.32. The molecule has 0 unspecified atom stereocenters. The summed E-state index contributed by atoms with van der Waals surface area (Å²) in [6.45, 7) is 11.0. The molecule has 0 radical (unpaired) electrons. The summed E-state index contributed by atoms with van der Waals surface area (Å²) in [6, 6.07) is 3.68. The van der Waals surface area contributed by atoms with Gasteiger partial charge >= 0.3 is 0 Å². The first-order valence-corrected chi connectivity index (χ1v) is 10.8. The highest BCUT2D eigenvalue weighted by molar-refractivity contribution is 5.94. The summed E-state index contributed by atoms with van der Waals surface area (Å²) in [4.78, 5) is 33.5. The van der Waals surface area contributed by atoms with Gasteiger partial charge in [0.1, 0.15) is 5.82 Å². The van der Waals surface area contributed by atoms with E-state index in [2.05, 4.69) is 25.4 Å². The minimum absolute atomic E-state index is 0.0279. The van der Waals surface area contributed by atoms with Gasteiger partial charge in [0.05, 0.1) is 6.54 Å². The number of nitrogens with zero attached hydrogens (tertiary/aromatic N) is 3. The summed E-state index contributed by atoms with van der Waals surface area (Å²) in [7, 11) is 0. The molecular formula is C22H35N5O2. The van der Waals surface area contributed by atoms with Gasteiger partial charge in [-0.05, 0) is 77.6 Å². The molecule has 2 N–H and O–H groups in total. The van der Waals surface area contributed by atoms with Crippen LogP contribution in [0.3, 0.4) is 0 Å². The Morgan fingerprint density at radius 2 is 1.83 bits per heavy atom. The molecule has 0 saturated carbocycles. The molecule has 2 saturated heterocycles. The lowest BCUT2D eigenvalue weighted by molar-refractivity contribution is -0.124. The summed E-state index contributed by atoms with van der Waals surface area (Å²) in [6.07, 6.45) is 6.10. The third kappa shape index (κ3) is 6.70. The molecule has 1 aromatic rings. The highest BCUT2D eigenvalue weighted by atomic mass is 16.2. The number of anilines is 1. The Morgan fingerprint density at radius 1 is 1.14 bits per heavy atom. The van der Waals surface area contributed by atoms with E-state index in [9.17, 15) is 9.59 Å². The minimum Gasteiger partial charge on any atom is -0.357 e. The van der Waals surface area contributed by atoms with Crippen molar-refractivity contribution in [3.05, 3.63) is 23.9 Å². The van der Waals surface area contributed by atoms with Crippen LogP contribution in [-0.2, 0) is 4.79 Å². The molecule has 7 heteroatoms. The Kier molecular flexibility index (Phi) is 7.11. The molecule has 7 nitrogen and oxygen atoms in total. The Balaban J connectivity index is 1.40. The zero-order chi connectivity index (χ0) is 20.9. The summed E-state index contributed by atoms with van der Waals surface area (Å²) < 4.78 is 0. The average Bonchev–Trinajstić information content (AvgIpc) is 3.20. The normalized spacial score (nSPS) is 18.7. The van der Waals surface area contributed by atoms with Gasteiger partial charge < -0.3 is 15.5 Å². The van der Waals surface area contributed by atoms with Crippen LogP contribution >= 0.6 is 0 Å². The van der Waals surface area contributed by atoms with Crippen LogP contribution in [0.2, 0.25) is 0 Å². The first-order chi connectivity index (χ1) is 13.8. The zero-order valence-corrected chi connectivity index (χ0v) is 18.0. The second kappa shape index (κ2) is 9.57. The largest absolute Gasteiger partial charge is 0.357 e. The predicted molar refractivity (Wildman–Crippen MR) is 115 cm³/mol. The van der Waals surface area contributed by atoms with Gasteiger partial charge in [-0.1, -0.05) is 0 Å². The van der Waals surface area contributed by atoms with Crippen LogP contribution in [0.15, 0.2) is 18.3 Å². The van der Waals surface area contributed by atoms with Crippen LogP contribution in [0.25, 0.3) is 0 Å². The van der Waals surface area contributed by atoms with E-state index in [-0.39, 0.29) is 17.4 Å². The van der Waals surface area contributed by atoms with E-state index in [1.165, 1.54) is 12.8 Å². The molecule has 2 aliphatic heterocycles. The lowest BCUT2D eigenvalue weighted by Crippen LogP contribution is -2.48. The SMILES string of the molecule is CC(C)(C)NC(=O)CN1CCC(CNC(=O)c2ccnc(N3CCCC3)c2)CC1. The predicted octanol–water partition coefficient (Wildman–Crippen LogP) is 2.04. The van der Waals surface area contributed by atoms with Crippen molar-refractivity contribution in [2.45, 2.75) is 52.0 Å². The third-order valence-corrected chi connectivity index (χ3v) is 5.58. The number of pyridine rings is 1. The van der Waals surface area contributed by atoms with E-state index >= 15 is 0 Å². The number of carbonyl (C=O) groups excluding carboxylic acids is 2. The fourth-order valence-electron chi connectivity index (χ4n) is 4.03. The molecule has 2 amide bonds. The van der Waals surface area contributed by atoms with Gasteiger partial charge in [-0.2, -0.15) is 0 Å². The van der Waals surface area contributed by atoms with Crippen LogP contribution in [-0.4, -0.2) is 66.5 Å². The average molecular weight is 402 g/mol. The van der Waals surface area contributed by atoms with Crippen molar-refractivity contribution < 1.29 is 9.59 Å². The standard InChI is InChI=1S/C22H35N5O2/c1-22(2,3)25-20(28)16-26-12-7-17(8-13-26)15-24-21(29)18-6-9-23-19(14-18)27-10-4-5-11-27/h6,9,14,17H,4-5,7-8,10-13,15-16H2,1-3H3,(H,24,29)(H,25,28). The van der Waals surface area contributed by atoms with Crippen molar-refractivity contribution in [1.82, 2.24) is 20.5 Å². The Morgan fingerprint density at radius 3 is 2.48 bits per heavy atom. The van der Waals surface area contributed by atoms with Crippen LogP contribution in [0.1, 0.15) is 56.8 Å². The van der Waals surface area contributed by atoms with Crippen molar-refractivity contribution in [3.8, 4) is 0 Å². The van der Waals surface area contributed by atoms with Crippen molar-refractivity contribution in [3.63, 3.8) is 0 Å². The lowest BCUT2D eigenvalue weighted by atomic mass is 9.96. The zero-order valence-electron chi connectivity index (χ0n) is 18.0. The van der Waals surface area contributed by atoms with Crippen LogP contribution in [0.5, 0.6) is 0 Å². The number of piperidine rings is 1. The summed E-state index contributed by atoms with van der Waals surface area (Å²) in [5, 5.41) is 6.10. The van der Waals surface area contributed by atoms with E-state index < -0.39 is 0 Å². The fourth-order valence-corrected chi connectivity index (χ4v) is 4.03. The first-order valence-electron chi connectivity index (χ1n) is 10.8. The Labute approximate surface area is 174 Å². The third-order valence-electron chi connectivity index (χ3n) is 5.58. The molecule has 160 valence electrons. The van der Waals surface area contributed by atoms with E-state index in [0.717, 1.165) is 44.8 Å². The number of carbonyl (C=O) groups is 2. The topological polar surface area (TPSA) is 77.6 Å². The van der Waals surface area contributed by atoms with Gasteiger partial charge in [0.15, 0.2) is 0 Å².